The van der Waals surface area contributed by atoms with E-state index >= 15 is 0 Å². The number of nitrogens with zero attached hydrogens (tertiary/aromatic N) is 3. The van der Waals surface area contributed by atoms with E-state index in [0.29, 0.717) is 59.2 Å². The molecule has 0 saturated heterocycles. The molecular formula is C23H24N4O3. The zero-order valence-corrected chi connectivity index (χ0v) is 17.3. The largest absolute Gasteiger partial charge is 0.507 e. The topological polar surface area (TPSA) is 94.4 Å². The molecule has 2 heterocycles. The molecule has 0 atom stereocenters. The second kappa shape index (κ2) is 7.93. The molecule has 0 radical (unpaired) electrons. The van der Waals surface area contributed by atoms with Gasteiger partial charge in [0.1, 0.15) is 5.75 Å². The number of phenols is 1. The van der Waals surface area contributed by atoms with Crippen molar-refractivity contribution in [3.05, 3.63) is 63.5 Å². The number of Topliss-reactive ketones (excluding diaryl/α,β-unsaturated/α-hetero) is 1. The van der Waals surface area contributed by atoms with Crippen LogP contribution in [0.1, 0.15) is 12.8 Å². The number of fused-ring (bicyclic) bond motifs is 2. The quantitative estimate of drug-likeness (QED) is 0.670. The summed E-state index contributed by atoms with van der Waals surface area (Å²) < 4.78 is 0. The van der Waals surface area contributed by atoms with Crippen molar-refractivity contribution in [1.29, 1.82) is 0 Å². The summed E-state index contributed by atoms with van der Waals surface area (Å²) in [6, 6.07) is 5.27. The zero-order valence-electron chi connectivity index (χ0n) is 17.3. The molecule has 7 nitrogen and oxygen atoms in total. The summed E-state index contributed by atoms with van der Waals surface area (Å²) in [6.07, 6.45) is 4.10. The van der Waals surface area contributed by atoms with Gasteiger partial charge in [-0.1, -0.05) is 6.07 Å². The SMILES string of the molecule is CNCCC1=c2c(O)cccc2=NC1=C1N=C2C=CC(=O)C(=O)C2=C1CCN(C)C. The number of nitrogens with one attached hydrogen (secondary N) is 1. The highest BCUT2D eigenvalue weighted by molar-refractivity contribution is 6.57. The molecule has 2 N–H and O–H groups in total. The second-order valence-corrected chi connectivity index (χ2v) is 7.74. The van der Waals surface area contributed by atoms with E-state index in [9.17, 15) is 14.7 Å². The van der Waals surface area contributed by atoms with Gasteiger partial charge in [-0.2, -0.15) is 0 Å². The molecule has 0 saturated carbocycles. The molecule has 4 rings (SSSR count). The minimum Gasteiger partial charge on any atom is -0.507 e. The standard InChI is InChI=1S/C23H24N4O3/c1-24-11-9-13-19-15(5-4-6-17(19)28)25-21(13)22-14(10-12-27(2)3)20-16(26-22)7-8-18(29)23(20)30/h4-8,24,28H,9-12H2,1-3H3. The minimum atomic E-state index is -0.527. The Morgan fingerprint density at radius 3 is 2.53 bits per heavy atom. The van der Waals surface area contributed by atoms with Gasteiger partial charge in [0.25, 0.3) is 0 Å². The van der Waals surface area contributed by atoms with Crippen molar-refractivity contribution in [3.63, 3.8) is 0 Å². The van der Waals surface area contributed by atoms with Crippen molar-refractivity contribution < 1.29 is 14.7 Å². The lowest BCUT2D eigenvalue weighted by atomic mass is 9.91. The number of allylic oxidation sites excluding steroid dienone is 5. The number of hydrogen-bond donors (Lipinski definition) is 2. The van der Waals surface area contributed by atoms with Crippen molar-refractivity contribution in [2.24, 2.45) is 9.98 Å². The molecule has 7 heteroatoms. The highest BCUT2D eigenvalue weighted by Crippen LogP contribution is 2.37. The molecule has 2 aliphatic heterocycles. The number of carbonyl (C=O) groups is 2. The normalized spacial score (nSPS) is 20.1. The maximum Gasteiger partial charge on any atom is 0.235 e. The van der Waals surface area contributed by atoms with E-state index in [1.165, 1.54) is 6.08 Å². The van der Waals surface area contributed by atoms with Crippen LogP contribution < -0.4 is 15.9 Å². The van der Waals surface area contributed by atoms with Crippen LogP contribution in [0.3, 0.4) is 0 Å². The monoisotopic (exact) mass is 404 g/mol. The highest BCUT2D eigenvalue weighted by atomic mass is 16.3. The smallest absolute Gasteiger partial charge is 0.235 e. The van der Waals surface area contributed by atoms with E-state index in [2.05, 4.69) is 5.32 Å². The van der Waals surface area contributed by atoms with Crippen LogP contribution in [0.2, 0.25) is 0 Å². The van der Waals surface area contributed by atoms with Crippen molar-refractivity contribution >= 4 is 22.9 Å². The first-order chi connectivity index (χ1) is 14.4. The van der Waals surface area contributed by atoms with Crippen molar-refractivity contribution in [1.82, 2.24) is 10.2 Å². The lowest BCUT2D eigenvalue weighted by molar-refractivity contribution is -0.131. The van der Waals surface area contributed by atoms with E-state index in [0.717, 1.165) is 11.1 Å². The average molecular weight is 404 g/mol. The predicted molar refractivity (Wildman–Crippen MR) is 115 cm³/mol. The van der Waals surface area contributed by atoms with Crippen LogP contribution in [-0.2, 0) is 9.59 Å². The Morgan fingerprint density at radius 2 is 1.80 bits per heavy atom. The maximum atomic E-state index is 12.7. The second-order valence-electron chi connectivity index (χ2n) is 7.74. The number of benzene rings is 1. The van der Waals surface area contributed by atoms with E-state index < -0.39 is 11.6 Å². The minimum absolute atomic E-state index is 0.176. The lowest BCUT2D eigenvalue weighted by Crippen LogP contribution is -2.24. The number of rotatable bonds is 6. The zero-order chi connectivity index (χ0) is 21.4. The molecule has 0 unspecified atom stereocenters. The molecule has 30 heavy (non-hydrogen) atoms. The summed E-state index contributed by atoms with van der Waals surface area (Å²) in [5.74, 6) is -0.869. The van der Waals surface area contributed by atoms with Gasteiger partial charge in [-0.3, -0.25) is 9.59 Å². The van der Waals surface area contributed by atoms with E-state index in [-0.39, 0.29) is 5.75 Å². The Hall–Kier alpha value is -3.16. The highest BCUT2D eigenvalue weighted by Gasteiger charge is 2.35. The van der Waals surface area contributed by atoms with E-state index in [1.54, 1.807) is 18.2 Å². The number of ketones is 2. The third-order valence-corrected chi connectivity index (χ3v) is 5.42. The number of phenolic OH excluding ortho intramolecular Hbond substituents is 1. The van der Waals surface area contributed by atoms with Gasteiger partial charge in [0, 0.05) is 11.8 Å². The van der Waals surface area contributed by atoms with Gasteiger partial charge in [0.2, 0.25) is 11.6 Å². The number of aliphatic imine (C=N–C) groups is 1. The summed E-state index contributed by atoms with van der Waals surface area (Å²) in [4.78, 5) is 36.3. The third-order valence-electron chi connectivity index (χ3n) is 5.42. The molecule has 0 spiro atoms. The Morgan fingerprint density at radius 1 is 1.03 bits per heavy atom. The summed E-state index contributed by atoms with van der Waals surface area (Å²) in [7, 11) is 5.79. The average Bonchev–Trinajstić information content (AvgIpc) is 3.26. The van der Waals surface area contributed by atoms with Crippen LogP contribution in [0.15, 0.2) is 62.9 Å². The summed E-state index contributed by atoms with van der Waals surface area (Å²) in [6.45, 7) is 1.40. The van der Waals surface area contributed by atoms with E-state index in [1.807, 2.05) is 32.1 Å². The van der Waals surface area contributed by atoms with Crippen LogP contribution in [0, 0.1) is 0 Å². The van der Waals surface area contributed by atoms with Crippen LogP contribution in [-0.4, -0.2) is 61.5 Å². The van der Waals surface area contributed by atoms with Crippen LogP contribution in [0.25, 0.3) is 5.57 Å². The molecule has 1 aliphatic carbocycles. The molecule has 0 bridgehead atoms. The van der Waals surface area contributed by atoms with Gasteiger partial charge < -0.3 is 15.3 Å². The predicted octanol–water partition coefficient (Wildman–Crippen LogP) is 0.408. The Labute approximate surface area is 174 Å². The number of hydrogen-bond acceptors (Lipinski definition) is 7. The molecule has 0 aromatic heterocycles. The molecule has 1 aromatic carbocycles. The first kappa shape index (κ1) is 20.1. The molecule has 0 fully saturated rings. The molecule has 3 aliphatic rings. The van der Waals surface area contributed by atoms with Gasteiger partial charge in [-0.15, -0.1) is 0 Å². The van der Waals surface area contributed by atoms with Crippen molar-refractivity contribution in [2.75, 3.05) is 34.2 Å². The molecule has 0 amide bonds. The number of aromatic hydroxyl groups is 1. The lowest BCUT2D eigenvalue weighted by Gasteiger charge is -2.14. The van der Waals surface area contributed by atoms with Crippen molar-refractivity contribution in [3.8, 4) is 5.75 Å². The first-order valence-electron chi connectivity index (χ1n) is 9.95. The molecule has 1 aromatic rings. The summed E-state index contributed by atoms with van der Waals surface area (Å²) >= 11 is 0. The summed E-state index contributed by atoms with van der Waals surface area (Å²) in [5, 5.41) is 15.0. The van der Waals surface area contributed by atoms with Crippen LogP contribution >= 0.6 is 0 Å². The number of carbonyl (C=O) groups excluding carboxylic acids is 2. The van der Waals surface area contributed by atoms with Crippen LogP contribution in [0.5, 0.6) is 5.75 Å². The first-order valence-corrected chi connectivity index (χ1v) is 9.95. The maximum absolute atomic E-state index is 12.7. The van der Waals surface area contributed by atoms with Gasteiger partial charge in [-0.05, 0) is 76.0 Å². The third kappa shape index (κ3) is 3.36. The van der Waals surface area contributed by atoms with Gasteiger partial charge in [0.05, 0.1) is 28.0 Å². The van der Waals surface area contributed by atoms with Crippen LogP contribution in [0.4, 0.5) is 0 Å². The summed E-state index contributed by atoms with van der Waals surface area (Å²) in [5.41, 5.74) is 3.82. The van der Waals surface area contributed by atoms with Gasteiger partial charge in [-0.25, -0.2) is 9.98 Å². The molecular weight excluding hydrogens is 380 g/mol. The fourth-order valence-electron chi connectivity index (χ4n) is 3.95. The fraction of sp³-hybridized carbons (Fsp3) is 0.304. The Kier molecular flexibility index (Phi) is 5.32. The van der Waals surface area contributed by atoms with E-state index in [4.69, 9.17) is 9.98 Å². The van der Waals surface area contributed by atoms with Gasteiger partial charge >= 0.3 is 0 Å². The fourth-order valence-corrected chi connectivity index (χ4v) is 3.95. The Balaban J connectivity index is 1.97. The molecule has 154 valence electrons. The van der Waals surface area contributed by atoms with Gasteiger partial charge in [0.15, 0.2) is 0 Å². The Bertz CT molecular complexity index is 1200. The van der Waals surface area contributed by atoms with Crippen molar-refractivity contribution in [2.45, 2.75) is 12.8 Å².